The Bertz CT molecular complexity index is 523. The molecule has 23 heavy (non-hydrogen) atoms. The molecule has 1 aromatic carbocycles. The van der Waals surface area contributed by atoms with E-state index in [-0.39, 0.29) is 5.91 Å². The first-order valence-electron chi connectivity index (χ1n) is 8.34. The monoisotopic (exact) mass is 337 g/mol. The van der Waals surface area contributed by atoms with Crippen LogP contribution < -0.4 is 0 Å². The highest BCUT2D eigenvalue weighted by atomic mass is 35.5. The molecule has 1 fully saturated rings. The molecular formula is C18H28ClN3O. The standard InChI is InChI=1S/C18H28ClN3O/c1-14-12-21(18(23)16-7-5-8-17(19)11-16)13-15(2)22(14)10-6-9-20(3)4/h5,7-8,11,14-15H,6,9-10,12-13H2,1-4H3. The molecule has 0 aromatic heterocycles. The number of carbonyl (C=O) groups is 1. The van der Waals surface area contributed by atoms with Crippen LogP contribution in [0.4, 0.5) is 0 Å². The SMILES string of the molecule is CC1CN(C(=O)c2cccc(Cl)c2)CC(C)N1CCCN(C)C. The predicted molar refractivity (Wildman–Crippen MR) is 96.2 cm³/mol. The van der Waals surface area contributed by atoms with Crippen molar-refractivity contribution in [1.82, 2.24) is 14.7 Å². The average Bonchev–Trinajstić information content (AvgIpc) is 2.48. The molecule has 1 aliphatic heterocycles. The Morgan fingerprint density at radius 3 is 2.48 bits per heavy atom. The van der Waals surface area contributed by atoms with E-state index in [0.717, 1.165) is 32.6 Å². The van der Waals surface area contributed by atoms with Crippen LogP contribution >= 0.6 is 11.6 Å². The lowest BCUT2D eigenvalue weighted by Crippen LogP contribution is -2.58. The van der Waals surface area contributed by atoms with E-state index in [9.17, 15) is 4.79 Å². The van der Waals surface area contributed by atoms with Crippen LogP contribution in [0.2, 0.25) is 5.02 Å². The Balaban J connectivity index is 1.97. The summed E-state index contributed by atoms with van der Waals surface area (Å²) in [6, 6.07) is 7.98. The molecule has 4 nitrogen and oxygen atoms in total. The zero-order valence-electron chi connectivity index (χ0n) is 14.6. The minimum Gasteiger partial charge on any atom is -0.336 e. The highest BCUT2D eigenvalue weighted by Gasteiger charge is 2.31. The lowest BCUT2D eigenvalue weighted by Gasteiger charge is -2.44. The van der Waals surface area contributed by atoms with Crippen molar-refractivity contribution in [3.05, 3.63) is 34.9 Å². The van der Waals surface area contributed by atoms with Crippen LogP contribution in [0, 0.1) is 0 Å². The first-order chi connectivity index (χ1) is 10.9. The zero-order valence-corrected chi connectivity index (χ0v) is 15.4. The van der Waals surface area contributed by atoms with Crippen molar-refractivity contribution in [2.75, 3.05) is 40.3 Å². The van der Waals surface area contributed by atoms with E-state index in [0.29, 0.717) is 22.7 Å². The van der Waals surface area contributed by atoms with E-state index in [1.54, 1.807) is 12.1 Å². The summed E-state index contributed by atoms with van der Waals surface area (Å²) in [5, 5.41) is 0.610. The van der Waals surface area contributed by atoms with Crippen LogP contribution in [0.25, 0.3) is 0 Å². The number of amides is 1. The molecule has 1 heterocycles. The number of hydrogen-bond donors (Lipinski definition) is 0. The fourth-order valence-electron chi connectivity index (χ4n) is 3.34. The molecular weight excluding hydrogens is 310 g/mol. The first-order valence-corrected chi connectivity index (χ1v) is 8.71. The highest BCUT2D eigenvalue weighted by Crippen LogP contribution is 2.19. The summed E-state index contributed by atoms with van der Waals surface area (Å²) in [4.78, 5) is 19.4. The van der Waals surface area contributed by atoms with Crippen LogP contribution in [0.3, 0.4) is 0 Å². The highest BCUT2D eigenvalue weighted by molar-refractivity contribution is 6.30. The van der Waals surface area contributed by atoms with Gasteiger partial charge in [0.2, 0.25) is 0 Å². The number of rotatable bonds is 5. The smallest absolute Gasteiger partial charge is 0.254 e. The largest absolute Gasteiger partial charge is 0.336 e. The summed E-state index contributed by atoms with van der Waals surface area (Å²) in [6.07, 6.45) is 1.16. The molecule has 0 N–H and O–H groups in total. The van der Waals surface area contributed by atoms with Gasteiger partial charge in [-0.05, 0) is 59.1 Å². The van der Waals surface area contributed by atoms with E-state index in [1.807, 2.05) is 17.0 Å². The molecule has 1 amide bonds. The Labute approximate surface area is 145 Å². The number of carbonyl (C=O) groups excluding carboxylic acids is 1. The second-order valence-corrected chi connectivity index (χ2v) is 7.25. The zero-order chi connectivity index (χ0) is 17.0. The second kappa shape index (κ2) is 8.13. The van der Waals surface area contributed by atoms with E-state index >= 15 is 0 Å². The molecule has 5 heteroatoms. The fraction of sp³-hybridized carbons (Fsp3) is 0.611. The van der Waals surface area contributed by atoms with Crippen molar-refractivity contribution in [3.8, 4) is 0 Å². The molecule has 128 valence electrons. The van der Waals surface area contributed by atoms with Crippen LogP contribution in [-0.4, -0.2) is 73.0 Å². The second-order valence-electron chi connectivity index (χ2n) is 6.81. The lowest BCUT2D eigenvalue weighted by molar-refractivity contribution is 0.0295. The third-order valence-electron chi connectivity index (χ3n) is 4.48. The molecule has 1 aliphatic rings. The van der Waals surface area contributed by atoms with Gasteiger partial charge in [0.15, 0.2) is 0 Å². The third kappa shape index (κ3) is 4.93. The van der Waals surface area contributed by atoms with Crippen LogP contribution in [0.1, 0.15) is 30.6 Å². The van der Waals surface area contributed by atoms with Crippen LogP contribution in [-0.2, 0) is 0 Å². The average molecular weight is 338 g/mol. The molecule has 0 aliphatic carbocycles. The third-order valence-corrected chi connectivity index (χ3v) is 4.72. The van der Waals surface area contributed by atoms with Crippen molar-refractivity contribution in [3.63, 3.8) is 0 Å². The van der Waals surface area contributed by atoms with Crippen LogP contribution in [0.15, 0.2) is 24.3 Å². The number of piperazine rings is 1. The number of benzene rings is 1. The molecule has 1 aromatic rings. The van der Waals surface area contributed by atoms with Gasteiger partial charge in [-0.1, -0.05) is 17.7 Å². The quantitative estimate of drug-likeness (QED) is 0.826. The number of nitrogens with zero attached hydrogens (tertiary/aromatic N) is 3. The van der Waals surface area contributed by atoms with Crippen molar-refractivity contribution >= 4 is 17.5 Å². The first kappa shape index (κ1) is 18.2. The van der Waals surface area contributed by atoms with Gasteiger partial charge in [0.1, 0.15) is 0 Å². The van der Waals surface area contributed by atoms with E-state index in [4.69, 9.17) is 11.6 Å². The molecule has 1 saturated heterocycles. The van der Waals surface area contributed by atoms with E-state index < -0.39 is 0 Å². The van der Waals surface area contributed by atoms with E-state index in [1.165, 1.54) is 0 Å². The lowest BCUT2D eigenvalue weighted by atomic mass is 10.1. The summed E-state index contributed by atoms with van der Waals surface area (Å²) >= 11 is 6.01. The Morgan fingerprint density at radius 2 is 1.91 bits per heavy atom. The van der Waals surface area contributed by atoms with Gasteiger partial charge in [-0.2, -0.15) is 0 Å². The maximum atomic E-state index is 12.7. The molecule has 0 radical (unpaired) electrons. The Morgan fingerprint density at radius 1 is 1.26 bits per heavy atom. The summed E-state index contributed by atoms with van der Waals surface area (Å²) < 4.78 is 0. The minimum atomic E-state index is 0.0825. The Kier molecular flexibility index (Phi) is 6.45. The van der Waals surface area contributed by atoms with Crippen molar-refractivity contribution in [2.45, 2.75) is 32.4 Å². The van der Waals surface area contributed by atoms with Crippen molar-refractivity contribution < 1.29 is 4.79 Å². The maximum absolute atomic E-state index is 12.7. The van der Waals surface area contributed by atoms with Crippen molar-refractivity contribution in [1.29, 1.82) is 0 Å². The maximum Gasteiger partial charge on any atom is 0.254 e. The molecule has 2 unspecified atom stereocenters. The van der Waals surface area contributed by atoms with Gasteiger partial charge in [0, 0.05) is 42.3 Å². The molecule has 0 bridgehead atoms. The van der Waals surface area contributed by atoms with Crippen molar-refractivity contribution in [2.24, 2.45) is 0 Å². The van der Waals surface area contributed by atoms with Gasteiger partial charge in [-0.15, -0.1) is 0 Å². The Hall–Kier alpha value is -1.10. The van der Waals surface area contributed by atoms with Gasteiger partial charge in [-0.25, -0.2) is 0 Å². The summed E-state index contributed by atoms with van der Waals surface area (Å²) in [5.41, 5.74) is 0.679. The van der Waals surface area contributed by atoms with Gasteiger partial charge >= 0.3 is 0 Å². The minimum absolute atomic E-state index is 0.0825. The normalized spacial score (nSPS) is 22.6. The fourth-order valence-corrected chi connectivity index (χ4v) is 3.53. The summed E-state index contributed by atoms with van der Waals surface area (Å²) in [7, 11) is 4.21. The van der Waals surface area contributed by atoms with Gasteiger partial charge in [-0.3, -0.25) is 9.69 Å². The van der Waals surface area contributed by atoms with Gasteiger partial charge in [0.25, 0.3) is 5.91 Å². The predicted octanol–water partition coefficient (Wildman–Crippen LogP) is 2.83. The molecule has 0 spiro atoms. The summed E-state index contributed by atoms with van der Waals surface area (Å²) in [5.74, 6) is 0.0825. The molecule has 0 saturated carbocycles. The summed E-state index contributed by atoms with van der Waals surface area (Å²) in [6.45, 7) is 8.16. The van der Waals surface area contributed by atoms with Crippen LogP contribution in [0.5, 0.6) is 0 Å². The van der Waals surface area contributed by atoms with Gasteiger partial charge < -0.3 is 9.80 Å². The number of halogens is 1. The molecule has 2 rings (SSSR count). The number of hydrogen-bond acceptors (Lipinski definition) is 3. The van der Waals surface area contributed by atoms with E-state index in [2.05, 4.69) is 37.7 Å². The van der Waals surface area contributed by atoms with Gasteiger partial charge in [0.05, 0.1) is 0 Å². The topological polar surface area (TPSA) is 26.8 Å². The molecule has 2 atom stereocenters.